The second-order valence-electron chi connectivity index (χ2n) is 9.33. The molecule has 2 aromatic heterocycles. The number of carbonyl (C=O) groups excluding carboxylic acids is 2. The summed E-state index contributed by atoms with van der Waals surface area (Å²) in [6, 6.07) is 9.99. The first kappa shape index (κ1) is 30.1. The maximum Gasteiger partial charge on any atom is 0.424 e. The smallest absolute Gasteiger partial charge is 0.424 e. The normalized spacial score (nSPS) is 14.6. The van der Waals surface area contributed by atoms with Gasteiger partial charge in [0.15, 0.2) is 5.56 Å². The molecule has 0 bridgehead atoms. The summed E-state index contributed by atoms with van der Waals surface area (Å²) in [5, 5.41) is 4.16. The van der Waals surface area contributed by atoms with Crippen LogP contribution < -0.4 is 4.74 Å². The molecule has 1 fully saturated rings. The Bertz CT molecular complexity index is 1400. The van der Waals surface area contributed by atoms with E-state index in [4.69, 9.17) is 14.2 Å². The van der Waals surface area contributed by atoms with Gasteiger partial charge in [-0.1, -0.05) is 24.3 Å². The third kappa shape index (κ3) is 7.07. The average molecular weight is 637 g/mol. The molecule has 0 atom stereocenters. The van der Waals surface area contributed by atoms with Crippen LogP contribution in [-0.4, -0.2) is 58.8 Å². The number of alkyl halides is 3. The van der Waals surface area contributed by atoms with Crippen molar-refractivity contribution in [2.75, 3.05) is 27.3 Å². The summed E-state index contributed by atoms with van der Waals surface area (Å²) in [6.45, 7) is 0.860. The fourth-order valence-corrected chi connectivity index (χ4v) is 5.24. The number of rotatable bonds is 9. The van der Waals surface area contributed by atoms with Crippen LogP contribution in [0.25, 0.3) is 5.57 Å². The summed E-state index contributed by atoms with van der Waals surface area (Å²) in [7, 11) is 2.58. The van der Waals surface area contributed by atoms with Crippen LogP contribution in [0.3, 0.4) is 0 Å². The number of aromatic nitrogens is 3. The van der Waals surface area contributed by atoms with E-state index in [0.717, 1.165) is 0 Å². The van der Waals surface area contributed by atoms with Crippen LogP contribution in [-0.2, 0) is 33.6 Å². The largest absolute Gasteiger partial charge is 0.503 e. The summed E-state index contributed by atoms with van der Waals surface area (Å²) in [5.74, 6) is -1.38. The van der Waals surface area contributed by atoms with Crippen LogP contribution in [0.2, 0.25) is 0 Å². The van der Waals surface area contributed by atoms with Crippen molar-refractivity contribution < 1.29 is 37.0 Å². The van der Waals surface area contributed by atoms with Gasteiger partial charge >= 0.3 is 12.1 Å². The van der Waals surface area contributed by atoms with E-state index in [2.05, 4.69) is 26.0 Å². The molecule has 9 nitrogen and oxygen atoms in total. The van der Waals surface area contributed by atoms with Crippen molar-refractivity contribution in [1.29, 1.82) is 0 Å². The SMILES string of the molecule is CO/C=C(/C(=O)OC)c1ccccc1COc1nn(CC2CCN(C(=O)c3cccnc3)CC2)c(Br)c1C(F)(F)F. The van der Waals surface area contributed by atoms with Crippen LogP contribution >= 0.6 is 15.9 Å². The first-order chi connectivity index (χ1) is 19.6. The summed E-state index contributed by atoms with van der Waals surface area (Å²) in [4.78, 5) is 30.7. The number of methoxy groups -OCH3 is 2. The minimum Gasteiger partial charge on any atom is -0.503 e. The van der Waals surface area contributed by atoms with E-state index < -0.39 is 23.6 Å². The number of benzene rings is 1. The molecule has 3 heterocycles. The highest BCUT2D eigenvalue weighted by atomic mass is 79.9. The Morgan fingerprint density at radius 3 is 2.49 bits per heavy atom. The highest BCUT2D eigenvalue weighted by molar-refractivity contribution is 9.10. The first-order valence-electron chi connectivity index (χ1n) is 12.7. The number of amides is 1. The number of ether oxygens (including phenoxy) is 3. The van der Waals surface area contributed by atoms with Gasteiger partial charge in [0.05, 0.1) is 26.0 Å². The molecule has 0 spiro atoms. The lowest BCUT2D eigenvalue weighted by molar-refractivity contribution is -0.139. The van der Waals surface area contributed by atoms with E-state index in [-0.39, 0.29) is 35.2 Å². The molecule has 41 heavy (non-hydrogen) atoms. The van der Waals surface area contributed by atoms with Crippen molar-refractivity contribution in [2.45, 2.75) is 32.2 Å². The molecule has 0 saturated carbocycles. The average Bonchev–Trinajstić information content (AvgIpc) is 3.30. The van der Waals surface area contributed by atoms with E-state index >= 15 is 0 Å². The Balaban J connectivity index is 1.50. The van der Waals surface area contributed by atoms with Gasteiger partial charge in [-0.05, 0) is 57.9 Å². The molecular formula is C28H28BrF3N4O5. The number of hydrogen-bond donors (Lipinski definition) is 0. The summed E-state index contributed by atoms with van der Waals surface area (Å²) < 4.78 is 58.7. The van der Waals surface area contributed by atoms with Gasteiger partial charge in [0.1, 0.15) is 16.8 Å². The number of likely N-dealkylation sites (tertiary alicyclic amines) is 1. The fraction of sp³-hybridized carbons (Fsp3) is 0.357. The molecule has 4 rings (SSSR count). The first-order valence-corrected chi connectivity index (χ1v) is 13.5. The summed E-state index contributed by atoms with van der Waals surface area (Å²) >= 11 is 3.09. The number of carbonyl (C=O) groups is 2. The Labute approximate surface area is 243 Å². The second-order valence-corrected chi connectivity index (χ2v) is 10.1. The zero-order chi connectivity index (χ0) is 29.6. The zero-order valence-electron chi connectivity index (χ0n) is 22.4. The second kappa shape index (κ2) is 13.2. The lowest BCUT2D eigenvalue weighted by Crippen LogP contribution is -2.39. The Morgan fingerprint density at radius 1 is 1.12 bits per heavy atom. The van der Waals surface area contributed by atoms with E-state index in [1.165, 1.54) is 31.4 Å². The van der Waals surface area contributed by atoms with Gasteiger partial charge < -0.3 is 19.1 Å². The van der Waals surface area contributed by atoms with Crippen molar-refractivity contribution in [1.82, 2.24) is 19.7 Å². The van der Waals surface area contributed by atoms with Gasteiger partial charge in [-0.15, -0.1) is 5.10 Å². The molecule has 0 radical (unpaired) electrons. The van der Waals surface area contributed by atoms with Gasteiger partial charge in [0.25, 0.3) is 5.91 Å². The molecule has 1 aliphatic rings. The third-order valence-corrected chi connectivity index (χ3v) is 7.50. The third-order valence-electron chi connectivity index (χ3n) is 6.70. The van der Waals surface area contributed by atoms with Crippen molar-refractivity contribution in [3.8, 4) is 5.88 Å². The molecule has 3 aromatic rings. The van der Waals surface area contributed by atoms with E-state index in [9.17, 15) is 22.8 Å². The number of piperidine rings is 1. The fourth-order valence-electron chi connectivity index (χ4n) is 4.62. The van der Waals surface area contributed by atoms with Crippen LogP contribution in [0.4, 0.5) is 13.2 Å². The molecule has 13 heteroatoms. The standard InChI is InChI=1S/C28H28BrF3N4O5/c1-39-17-22(27(38)40-2)21-8-4-3-6-20(21)16-41-25-23(28(30,31)32)24(29)36(34-25)15-18-9-12-35(13-10-18)26(37)19-7-5-11-33-14-19/h3-8,11,14,17-18H,9-10,12-13,15-16H2,1-2H3/b22-17+. The van der Waals surface area contributed by atoms with Crippen LogP contribution in [0.5, 0.6) is 5.88 Å². The molecule has 218 valence electrons. The quantitative estimate of drug-likeness (QED) is 0.177. The van der Waals surface area contributed by atoms with Gasteiger partial charge in [-0.2, -0.15) is 13.2 Å². The molecule has 0 unspecified atom stereocenters. The minimum absolute atomic E-state index is 0.000559. The number of pyridine rings is 1. The van der Waals surface area contributed by atoms with Crippen LogP contribution in [0, 0.1) is 5.92 Å². The summed E-state index contributed by atoms with van der Waals surface area (Å²) in [5.41, 5.74) is 0.381. The van der Waals surface area contributed by atoms with Gasteiger partial charge in [0.2, 0.25) is 5.88 Å². The van der Waals surface area contributed by atoms with Gasteiger partial charge in [-0.3, -0.25) is 14.5 Å². The maximum atomic E-state index is 14.1. The Morgan fingerprint density at radius 2 is 1.85 bits per heavy atom. The zero-order valence-corrected chi connectivity index (χ0v) is 23.9. The maximum absolute atomic E-state index is 14.1. The summed E-state index contributed by atoms with van der Waals surface area (Å²) in [6.07, 6.45) is 0.773. The molecular weight excluding hydrogens is 609 g/mol. The predicted molar refractivity (Wildman–Crippen MR) is 146 cm³/mol. The topological polar surface area (TPSA) is 95.8 Å². The molecule has 1 aliphatic heterocycles. The Kier molecular flexibility index (Phi) is 9.69. The molecule has 1 aromatic carbocycles. The highest BCUT2D eigenvalue weighted by Gasteiger charge is 2.41. The number of hydrogen-bond acceptors (Lipinski definition) is 7. The van der Waals surface area contributed by atoms with Gasteiger partial charge in [-0.25, -0.2) is 4.79 Å². The number of halogens is 4. The molecule has 1 amide bonds. The number of esters is 1. The van der Waals surface area contributed by atoms with Crippen molar-refractivity contribution in [3.63, 3.8) is 0 Å². The Hall–Kier alpha value is -3.87. The van der Waals surface area contributed by atoms with Crippen molar-refractivity contribution in [2.24, 2.45) is 5.92 Å². The molecule has 1 saturated heterocycles. The molecule has 0 aliphatic carbocycles. The van der Waals surface area contributed by atoms with Gasteiger partial charge in [0, 0.05) is 32.0 Å². The van der Waals surface area contributed by atoms with E-state index in [0.29, 0.717) is 42.6 Å². The van der Waals surface area contributed by atoms with Crippen LogP contribution in [0.15, 0.2) is 59.7 Å². The monoisotopic (exact) mass is 636 g/mol. The predicted octanol–water partition coefficient (Wildman–Crippen LogP) is 5.35. The van der Waals surface area contributed by atoms with Crippen molar-refractivity contribution >= 4 is 33.4 Å². The minimum atomic E-state index is -4.74. The van der Waals surface area contributed by atoms with E-state index in [1.54, 1.807) is 47.5 Å². The van der Waals surface area contributed by atoms with Crippen molar-refractivity contribution in [3.05, 3.63) is 81.9 Å². The number of nitrogens with zero attached hydrogens (tertiary/aromatic N) is 4. The lowest BCUT2D eigenvalue weighted by Gasteiger charge is -2.32. The lowest BCUT2D eigenvalue weighted by atomic mass is 9.96. The highest BCUT2D eigenvalue weighted by Crippen LogP contribution is 2.42. The van der Waals surface area contributed by atoms with E-state index in [1.807, 2.05) is 0 Å². The van der Waals surface area contributed by atoms with Crippen LogP contribution in [0.1, 0.15) is 39.9 Å². The molecule has 0 N–H and O–H groups in total.